The molecule has 4 aliphatic rings. The lowest BCUT2D eigenvalue weighted by atomic mass is 9.84. The molecule has 15 heavy (non-hydrogen) atoms. The van der Waals surface area contributed by atoms with Crippen LogP contribution in [0.2, 0.25) is 0 Å². The number of ether oxygens (including phenoxy) is 2. The van der Waals surface area contributed by atoms with Gasteiger partial charge in [-0.2, -0.15) is 0 Å². The lowest BCUT2D eigenvalue weighted by Crippen LogP contribution is -2.32. The van der Waals surface area contributed by atoms with Gasteiger partial charge in [-0.1, -0.05) is 6.08 Å². The zero-order valence-corrected chi connectivity index (χ0v) is 7.47. The van der Waals surface area contributed by atoms with Gasteiger partial charge in [0.1, 0.15) is 5.57 Å². The van der Waals surface area contributed by atoms with Crippen molar-refractivity contribution in [3.05, 3.63) is 23.8 Å². The molecule has 2 saturated heterocycles. The third-order valence-electron chi connectivity index (χ3n) is 3.57. The summed E-state index contributed by atoms with van der Waals surface area (Å²) in [4.78, 5) is 22.6. The number of carbonyl (C=O) groups excluding carboxylic acids is 1. The van der Waals surface area contributed by atoms with Crippen LogP contribution in [-0.2, 0) is 19.1 Å². The van der Waals surface area contributed by atoms with Gasteiger partial charge in [-0.05, 0) is 12.2 Å². The number of fused-ring (bicyclic) bond motifs is 2. The van der Waals surface area contributed by atoms with Gasteiger partial charge < -0.3 is 14.6 Å². The van der Waals surface area contributed by atoms with Gasteiger partial charge in [0.05, 0.1) is 12.0 Å². The first-order chi connectivity index (χ1) is 7.10. The lowest BCUT2D eigenvalue weighted by molar-refractivity contribution is -0.135. The number of carbonyl (C=O) groups is 2. The number of hydrogen-bond acceptors (Lipinski definition) is 4. The Morgan fingerprint density at radius 2 is 2.33 bits per heavy atom. The van der Waals surface area contributed by atoms with Crippen molar-refractivity contribution >= 4 is 11.8 Å². The van der Waals surface area contributed by atoms with Crippen molar-refractivity contribution in [2.75, 3.05) is 0 Å². The van der Waals surface area contributed by atoms with E-state index < -0.39 is 23.3 Å². The molecule has 2 fully saturated rings. The maximum atomic E-state index is 11.8. The Morgan fingerprint density at radius 1 is 1.53 bits per heavy atom. The normalized spacial score (nSPS) is 52.8. The molecule has 0 amide bonds. The van der Waals surface area contributed by atoms with E-state index in [0.717, 1.165) is 0 Å². The SMILES string of the molecule is O=C(O)C1=CC23OC24C=CC(O4)C3C1=O. The molecular formula is C10H6O5. The first-order valence-electron chi connectivity index (χ1n) is 4.67. The molecule has 3 heterocycles. The Bertz CT molecular complexity index is 490. The van der Waals surface area contributed by atoms with Crippen LogP contribution >= 0.6 is 0 Å². The van der Waals surface area contributed by atoms with Gasteiger partial charge in [-0.3, -0.25) is 4.79 Å². The van der Waals surface area contributed by atoms with E-state index in [0.29, 0.717) is 0 Å². The lowest BCUT2D eigenvalue weighted by Gasteiger charge is -2.13. The van der Waals surface area contributed by atoms with E-state index in [1.165, 1.54) is 6.08 Å². The largest absolute Gasteiger partial charge is 0.478 e. The number of epoxide rings is 1. The molecule has 5 nitrogen and oxygen atoms in total. The van der Waals surface area contributed by atoms with Gasteiger partial charge in [-0.25, -0.2) is 4.79 Å². The minimum absolute atomic E-state index is 0.168. The van der Waals surface area contributed by atoms with Gasteiger partial charge in [0, 0.05) is 0 Å². The van der Waals surface area contributed by atoms with Crippen LogP contribution in [0.1, 0.15) is 0 Å². The van der Waals surface area contributed by atoms with E-state index >= 15 is 0 Å². The van der Waals surface area contributed by atoms with Crippen LogP contribution in [0.25, 0.3) is 0 Å². The van der Waals surface area contributed by atoms with Gasteiger partial charge in [0.25, 0.3) is 0 Å². The zero-order valence-electron chi connectivity index (χ0n) is 7.47. The van der Waals surface area contributed by atoms with E-state index in [1.54, 1.807) is 12.2 Å². The van der Waals surface area contributed by atoms with E-state index in [-0.39, 0.29) is 17.5 Å². The second-order valence-electron chi connectivity index (χ2n) is 4.21. The number of carboxylic acids is 1. The highest BCUT2D eigenvalue weighted by molar-refractivity contribution is 6.21. The summed E-state index contributed by atoms with van der Waals surface area (Å²) < 4.78 is 10.9. The Kier molecular flexibility index (Phi) is 0.929. The second kappa shape index (κ2) is 1.79. The molecule has 4 unspecified atom stereocenters. The highest BCUT2D eigenvalue weighted by Gasteiger charge is 2.85. The Morgan fingerprint density at radius 3 is 3.00 bits per heavy atom. The summed E-state index contributed by atoms with van der Waals surface area (Å²) in [7, 11) is 0. The first-order valence-corrected chi connectivity index (χ1v) is 4.67. The quantitative estimate of drug-likeness (QED) is 0.360. The average molecular weight is 206 g/mol. The summed E-state index contributed by atoms with van der Waals surface area (Å²) in [5, 5.41) is 8.86. The van der Waals surface area contributed by atoms with Crippen LogP contribution in [0.4, 0.5) is 0 Å². The summed E-state index contributed by atoms with van der Waals surface area (Å²) in [5.74, 6) is -2.89. The van der Waals surface area contributed by atoms with Crippen molar-refractivity contribution in [1.82, 2.24) is 0 Å². The third-order valence-corrected chi connectivity index (χ3v) is 3.57. The zero-order chi connectivity index (χ0) is 10.4. The monoisotopic (exact) mass is 206 g/mol. The Balaban J connectivity index is 1.91. The molecule has 2 spiro atoms. The number of rotatable bonds is 1. The molecule has 0 aromatic rings. The van der Waals surface area contributed by atoms with Crippen molar-refractivity contribution in [3.63, 3.8) is 0 Å². The molecule has 0 aromatic heterocycles. The van der Waals surface area contributed by atoms with E-state index in [4.69, 9.17) is 14.6 Å². The maximum Gasteiger partial charge on any atom is 0.339 e. The highest BCUT2D eigenvalue weighted by atomic mass is 16.8. The first kappa shape index (κ1) is 7.78. The van der Waals surface area contributed by atoms with Crippen LogP contribution in [-0.4, -0.2) is 34.4 Å². The number of ketones is 1. The molecule has 0 aromatic carbocycles. The van der Waals surface area contributed by atoms with Crippen LogP contribution in [0.15, 0.2) is 23.8 Å². The molecule has 5 heteroatoms. The summed E-state index contributed by atoms with van der Waals surface area (Å²) in [6, 6.07) is 0. The molecule has 1 N–H and O–H groups in total. The van der Waals surface area contributed by atoms with Crippen LogP contribution in [0.5, 0.6) is 0 Å². The van der Waals surface area contributed by atoms with E-state index in [1.807, 2.05) is 0 Å². The topological polar surface area (TPSA) is 76.1 Å². The Labute approximate surface area is 84.0 Å². The van der Waals surface area contributed by atoms with Crippen LogP contribution in [0.3, 0.4) is 0 Å². The van der Waals surface area contributed by atoms with Crippen LogP contribution in [0, 0.1) is 5.92 Å². The van der Waals surface area contributed by atoms with Crippen molar-refractivity contribution < 1.29 is 24.2 Å². The van der Waals surface area contributed by atoms with E-state index in [9.17, 15) is 9.59 Å². The molecule has 0 saturated carbocycles. The molecule has 1 aliphatic carbocycles. The average Bonchev–Trinajstić information content (AvgIpc) is 2.46. The fraction of sp³-hybridized carbons (Fsp3) is 0.400. The fourth-order valence-corrected chi connectivity index (χ4v) is 2.90. The molecular weight excluding hydrogens is 200 g/mol. The number of carboxylic acid groups (broad SMARTS) is 1. The number of aliphatic carboxylic acids is 1. The highest BCUT2D eigenvalue weighted by Crippen LogP contribution is 2.69. The fourth-order valence-electron chi connectivity index (χ4n) is 2.90. The Hall–Kier alpha value is -1.46. The minimum Gasteiger partial charge on any atom is -0.478 e. The van der Waals surface area contributed by atoms with Gasteiger partial charge in [0.2, 0.25) is 5.79 Å². The van der Waals surface area contributed by atoms with Gasteiger partial charge in [-0.15, -0.1) is 0 Å². The van der Waals surface area contributed by atoms with Gasteiger partial charge in [0.15, 0.2) is 11.4 Å². The van der Waals surface area contributed by atoms with Crippen molar-refractivity contribution in [2.24, 2.45) is 5.92 Å². The van der Waals surface area contributed by atoms with Crippen LogP contribution < -0.4 is 0 Å². The molecule has 4 rings (SSSR count). The summed E-state index contributed by atoms with van der Waals surface area (Å²) in [5.41, 5.74) is -0.976. The van der Waals surface area contributed by atoms with Gasteiger partial charge >= 0.3 is 5.97 Å². The minimum atomic E-state index is -1.19. The maximum absolute atomic E-state index is 11.8. The van der Waals surface area contributed by atoms with Crippen molar-refractivity contribution in [1.29, 1.82) is 0 Å². The summed E-state index contributed by atoms with van der Waals surface area (Å²) in [6.45, 7) is 0. The predicted molar refractivity (Wildman–Crippen MR) is 44.8 cm³/mol. The smallest absolute Gasteiger partial charge is 0.339 e. The molecule has 3 aliphatic heterocycles. The van der Waals surface area contributed by atoms with Crippen molar-refractivity contribution in [2.45, 2.75) is 17.5 Å². The number of Topliss-reactive ketones (excluding diaryl/α,β-unsaturated/α-hetero) is 1. The summed E-state index contributed by atoms with van der Waals surface area (Å²) >= 11 is 0. The third kappa shape index (κ3) is 0.568. The molecule has 0 radical (unpaired) electrons. The molecule has 76 valence electrons. The van der Waals surface area contributed by atoms with Crippen molar-refractivity contribution in [3.8, 4) is 0 Å². The second-order valence-corrected chi connectivity index (χ2v) is 4.21. The molecule has 4 atom stereocenters. The van der Waals surface area contributed by atoms with E-state index in [2.05, 4.69) is 0 Å². The summed E-state index contributed by atoms with van der Waals surface area (Å²) in [6.07, 6.45) is 4.63. The molecule has 2 bridgehead atoms. The predicted octanol–water partition coefficient (Wildman–Crippen LogP) is -0.370. The standard InChI is InChI=1S/C10H6O5/c11-7-4(8(12)13)3-9-6(7)5-1-2-10(9,14-5)15-9/h1-3,5-6H,(H,12,13). The number of hydrogen-bond donors (Lipinski definition) is 1.